The number of amides is 1. The summed E-state index contributed by atoms with van der Waals surface area (Å²) in [7, 11) is -0.275. The summed E-state index contributed by atoms with van der Waals surface area (Å²) in [5.74, 6) is -1.52. The lowest BCUT2D eigenvalue weighted by molar-refractivity contribution is 0.0692. The SMILES string of the molecule is CNC(=O)c1ccccc1[S@@](=O)c1ccccc1C(=O)O. The summed E-state index contributed by atoms with van der Waals surface area (Å²) in [4.78, 5) is 23.5. The molecule has 1 amide bonds. The molecule has 0 saturated heterocycles. The van der Waals surface area contributed by atoms with Crippen LogP contribution >= 0.6 is 0 Å². The first kappa shape index (κ1) is 14.9. The number of aromatic carboxylic acids is 1. The maximum absolute atomic E-state index is 12.7. The predicted octanol–water partition coefficient (Wildman–Crippen LogP) is 1.91. The number of carbonyl (C=O) groups excluding carboxylic acids is 1. The van der Waals surface area contributed by atoms with Crippen molar-refractivity contribution in [1.29, 1.82) is 0 Å². The quantitative estimate of drug-likeness (QED) is 0.903. The molecule has 2 N–H and O–H groups in total. The number of benzene rings is 2. The molecule has 0 fully saturated rings. The molecular formula is C15H13NO4S. The van der Waals surface area contributed by atoms with Gasteiger partial charge in [0, 0.05) is 7.05 Å². The molecule has 0 aliphatic heterocycles. The highest BCUT2D eigenvalue weighted by atomic mass is 32.2. The third kappa shape index (κ3) is 3.00. The molecule has 0 saturated carbocycles. The Kier molecular flexibility index (Phi) is 4.49. The monoisotopic (exact) mass is 303 g/mol. The van der Waals surface area contributed by atoms with E-state index in [4.69, 9.17) is 0 Å². The first-order chi connectivity index (χ1) is 10.1. The van der Waals surface area contributed by atoms with Crippen molar-refractivity contribution >= 4 is 22.7 Å². The van der Waals surface area contributed by atoms with Gasteiger partial charge < -0.3 is 10.4 Å². The van der Waals surface area contributed by atoms with Gasteiger partial charge in [-0.15, -0.1) is 0 Å². The topological polar surface area (TPSA) is 83.5 Å². The number of nitrogens with one attached hydrogen (secondary N) is 1. The van der Waals surface area contributed by atoms with Crippen LogP contribution in [-0.4, -0.2) is 28.2 Å². The summed E-state index contributed by atoms with van der Waals surface area (Å²) in [6.07, 6.45) is 0. The summed E-state index contributed by atoms with van der Waals surface area (Å²) < 4.78 is 12.7. The molecule has 2 aromatic rings. The van der Waals surface area contributed by atoms with Crippen molar-refractivity contribution in [2.45, 2.75) is 9.79 Å². The lowest BCUT2D eigenvalue weighted by Crippen LogP contribution is -2.20. The van der Waals surface area contributed by atoms with Crippen LogP contribution in [0.5, 0.6) is 0 Å². The standard InChI is InChI=1S/C15H13NO4S/c1-16-14(17)10-6-2-4-8-12(10)21(20)13-9-5-3-7-11(13)15(18)19/h2-9H,1H3,(H,16,17)(H,18,19)/t21-/m1/s1. The molecule has 0 radical (unpaired) electrons. The summed E-state index contributed by atoms with van der Waals surface area (Å²) >= 11 is 0. The minimum atomic E-state index is -1.75. The van der Waals surface area contributed by atoms with E-state index in [0.29, 0.717) is 0 Å². The van der Waals surface area contributed by atoms with Crippen LogP contribution in [0.3, 0.4) is 0 Å². The first-order valence-corrected chi connectivity index (χ1v) is 7.26. The minimum Gasteiger partial charge on any atom is -0.478 e. The Labute approximate surface area is 124 Å². The normalized spacial score (nSPS) is 11.7. The van der Waals surface area contributed by atoms with Crippen LogP contribution in [-0.2, 0) is 10.8 Å². The molecule has 0 spiro atoms. The molecule has 1 atom stereocenters. The molecule has 2 aromatic carbocycles. The molecule has 6 heteroatoms. The molecular weight excluding hydrogens is 290 g/mol. The molecule has 108 valence electrons. The summed E-state index contributed by atoms with van der Waals surface area (Å²) in [5, 5.41) is 11.6. The number of hydrogen-bond acceptors (Lipinski definition) is 3. The van der Waals surface area contributed by atoms with Gasteiger partial charge in [-0.2, -0.15) is 0 Å². The van der Waals surface area contributed by atoms with E-state index < -0.39 is 16.8 Å². The van der Waals surface area contributed by atoms with E-state index in [1.807, 2.05) is 0 Å². The fourth-order valence-corrected chi connectivity index (χ4v) is 3.23. The highest BCUT2D eigenvalue weighted by Gasteiger charge is 2.20. The number of carbonyl (C=O) groups is 2. The van der Waals surface area contributed by atoms with Crippen LogP contribution in [0, 0.1) is 0 Å². The second-order valence-electron chi connectivity index (χ2n) is 4.15. The van der Waals surface area contributed by atoms with Crippen molar-refractivity contribution in [3.8, 4) is 0 Å². The van der Waals surface area contributed by atoms with E-state index in [2.05, 4.69) is 5.32 Å². The highest BCUT2D eigenvalue weighted by Crippen LogP contribution is 2.23. The van der Waals surface area contributed by atoms with Crippen LogP contribution in [0.4, 0.5) is 0 Å². The molecule has 2 rings (SSSR count). The average molecular weight is 303 g/mol. The fraction of sp³-hybridized carbons (Fsp3) is 0.0667. The summed E-state index contributed by atoms with van der Waals surface area (Å²) in [6, 6.07) is 12.5. The molecule has 0 unspecified atom stereocenters. The molecule has 0 aliphatic rings. The van der Waals surface area contributed by atoms with Gasteiger partial charge in [-0.3, -0.25) is 4.79 Å². The number of hydrogen-bond donors (Lipinski definition) is 2. The Morgan fingerprint density at radius 1 is 0.952 bits per heavy atom. The van der Waals surface area contributed by atoms with Crippen LogP contribution in [0.25, 0.3) is 0 Å². The van der Waals surface area contributed by atoms with Crippen molar-refractivity contribution in [3.63, 3.8) is 0 Å². The Morgan fingerprint density at radius 2 is 1.43 bits per heavy atom. The van der Waals surface area contributed by atoms with E-state index in [1.54, 1.807) is 36.4 Å². The summed E-state index contributed by atoms with van der Waals surface area (Å²) in [5.41, 5.74) is 0.223. The molecule has 0 heterocycles. The van der Waals surface area contributed by atoms with E-state index in [9.17, 15) is 18.9 Å². The van der Waals surface area contributed by atoms with Gasteiger partial charge >= 0.3 is 5.97 Å². The van der Waals surface area contributed by atoms with Gasteiger partial charge in [0.1, 0.15) is 0 Å². The average Bonchev–Trinajstić information content (AvgIpc) is 2.53. The van der Waals surface area contributed by atoms with E-state index in [1.165, 1.54) is 19.2 Å². The van der Waals surface area contributed by atoms with Crippen LogP contribution in [0.15, 0.2) is 58.3 Å². The van der Waals surface area contributed by atoms with Gasteiger partial charge in [-0.1, -0.05) is 24.3 Å². The van der Waals surface area contributed by atoms with Crippen LogP contribution < -0.4 is 5.32 Å². The van der Waals surface area contributed by atoms with Gasteiger partial charge in [-0.05, 0) is 24.3 Å². The second kappa shape index (κ2) is 6.32. The first-order valence-electron chi connectivity index (χ1n) is 6.11. The van der Waals surface area contributed by atoms with Gasteiger partial charge in [0.05, 0.1) is 31.7 Å². The number of carboxylic acid groups (broad SMARTS) is 1. The molecule has 0 bridgehead atoms. The van der Waals surface area contributed by atoms with Crippen LogP contribution in [0.1, 0.15) is 20.7 Å². The minimum absolute atomic E-state index is 0.0393. The Bertz CT molecular complexity index is 727. The van der Waals surface area contributed by atoms with Gasteiger partial charge in [0.25, 0.3) is 5.91 Å². The van der Waals surface area contributed by atoms with Gasteiger partial charge in [0.15, 0.2) is 0 Å². The zero-order valence-corrected chi connectivity index (χ0v) is 12.0. The maximum atomic E-state index is 12.7. The fourth-order valence-electron chi connectivity index (χ4n) is 1.87. The Morgan fingerprint density at radius 3 is 1.95 bits per heavy atom. The zero-order chi connectivity index (χ0) is 15.4. The lowest BCUT2D eigenvalue weighted by atomic mass is 10.2. The van der Waals surface area contributed by atoms with E-state index >= 15 is 0 Å². The third-order valence-corrected chi connectivity index (χ3v) is 4.39. The highest BCUT2D eigenvalue weighted by molar-refractivity contribution is 7.85. The van der Waals surface area contributed by atoms with E-state index in [-0.39, 0.29) is 26.8 Å². The number of carboxylic acids is 1. The smallest absolute Gasteiger partial charge is 0.336 e. The molecule has 0 aliphatic carbocycles. The molecule has 0 aromatic heterocycles. The van der Waals surface area contributed by atoms with E-state index in [0.717, 1.165) is 0 Å². The third-order valence-electron chi connectivity index (χ3n) is 2.88. The molecule has 5 nitrogen and oxygen atoms in total. The van der Waals surface area contributed by atoms with Crippen molar-refractivity contribution in [1.82, 2.24) is 5.32 Å². The Balaban J connectivity index is 2.56. The van der Waals surface area contributed by atoms with Crippen molar-refractivity contribution in [3.05, 3.63) is 59.7 Å². The van der Waals surface area contributed by atoms with Crippen molar-refractivity contribution in [2.75, 3.05) is 7.05 Å². The second-order valence-corrected chi connectivity index (χ2v) is 5.56. The Hall–Kier alpha value is -2.47. The number of rotatable bonds is 4. The zero-order valence-electron chi connectivity index (χ0n) is 11.2. The lowest BCUT2D eigenvalue weighted by Gasteiger charge is -2.10. The van der Waals surface area contributed by atoms with Gasteiger partial charge in [-0.25, -0.2) is 9.00 Å². The summed E-state index contributed by atoms with van der Waals surface area (Å²) in [6.45, 7) is 0. The van der Waals surface area contributed by atoms with Crippen molar-refractivity contribution in [2.24, 2.45) is 0 Å². The maximum Gasteiger partial charge on any atom is 0.336 e. The van der Waals surface area contributed by atoms with Crippen molar-refractivity contribution < 1.29 is 18.9 Å². The van der Waals surface area contributed by atoms with Crippen LogP contribution in [0.2, 0.25) is 0 Å². The largest absolute Gasteiger partial charge is 0.478 e. The van der Waals surface area contributed by atoms with Gasteiger partial charge in [0.2, 0.25) is 0 Å². The molecule has 21 heavy (non-hydrogen) atoms. The predicted molar refractivity (Wildman–Crippen MR) is 77.9 cm³/mol.